The molecule has 6 nitrogen and oxygen atoms in total. The van der Waals surface area contributed by atoms with E-state index in [4.69, 9.17) is 14.2 Å². The van der Waals surface area contributed by atoms with E-state index in [0.29, 0.717) is 5.41 Å². The SMILES string of the molecule is CN=C(NCC(C)(C)c1ccc(OC)c(OC)c1)N1CCC2(CCOC2)C1. The molecule has 2 aliphatic rings. The van der Waals surface area contributed by atoms with Gasteiger partial charge in [0.15, 0.2) is 17.5 Å². The van der Waals surface area contributed by atoms with Crippen LogP contribution in [0.3, 0.4) is 0 Å². The topological polar surface area (TPSA) is 55.3 Å². The molecule has 2 aliphatic heterocycles. The van der Waals surface area contributed by atoms with Crippen molar-refractivity contribution in [2.24, 2.45) is 10.4 Å². The standard InChI is InChI=1S/C21H33N3O3/c1-20(2,16-6-7-17(25-4)18(12-16)26-5)13-23-19(22-3)24-10-8-21(14-24)9-11-27-15-21/h6-7,12H,8-11,13-15H2,1-5H3,(H,22,23). The average molecular weight is 376 g/mol. The highest BCUT2D eigenvalue weighted by molar-refractivity contribution is 5.80. The normalized spacial score (nSPS) is 23.1. The quantitative estimate of drug-likeness (QED) is 0.633. The Balaban J connectivity index is 1.65. The number of nitrogens with one attached hydrogen (secondary N) is 1. The lowest BCUT2D eigenvalue weighted by Crippen LogP contribution is -2.45. The zero-order valence-corrected chi connectivity index (χ0v) is 17.3. The van der Waals surface area contributed by atoms with E-state index >= 15 is 0 Å². The number of nitrogens with zero attached hydrogens (tertiary/aromatic N) is 2. The van der Waals surface area contributed by atoms with E-state index in [2.05, 4.69) is 41.2 Å². The number of rotatable bonds is 5. The summed E-state index contributed by atoms with van der Waals surface area (Å²) < 4.78 is 16.5. The van der Waals surface area contributed by atoms with Crippen molar-refractivity contribution in [2.45, 2.75) is 32.1 Å². The van der Waals surface area contributed by atoms with Gasteiger partial charge in [0.25, 0.3) is 0 Å². The lowest BCUT2D eigenvalue weighted by molar-refractivity contribution is 0.156. The molecule has 1 aromatic rings. The molecule has 1 N–H and O–H groups in total. The molecule has 0 aromatic heterocycles. The highest BCUT2D eigenvalue weighted by Crippen LogP contribution is 2.38. The average Bonchev–Trinajstić information content (AvgIpc) is 3.31. The molecule has 0 aliphatic carbocycles. The molecule has 2 saturated heterocycles. The molecular formula is C21H33N3O3. The fourth-order valence-electron chi connectivity index (χ4n) is 4.08. The fraction of sp³-hybridized carbons (Fsp3) is 0.667. The van der Waals surface area contributed by atoms with Crippen molar-refractivity contribution >= 4 is 5.96 Å². The van der Waals surface area contributed by atoms with Gasteiger partial charge in [-0.2, -0.15) is 0 Å². The molecule has 2 heterocycles. The first kappa shape index (κ1) is 19.8. The molecule has 0 bridgehead atoms. The lowest BCUT2D eigenvalue weighted by atomic mass is 9.84. The second-order valence-corrected chi connectivity index (χ2v) is 8.33. The molecular weight excluding hydrogens is 342 g/mol. The molecule has 0 amide bonds. The Labute approximate surface area is 162 Å². The number of hydrogen-bond donors (Lipinski definition) is 1. The third-order valence-electron chi connectivity index (χ3n) is 5.99. The summed E-state index contributed by atoms with van der Waals surface area (Å²) in [5, 5.41) is 3.59. The van der Waals surface area contributed by atoms with Crippen LogP contribution in [0.2, 0.25) is 0 Å². The second-order valence-electron chi connectivity index (χ2n) is 8.33. The van der Waals surface area contributed by atoms with Gasteiger partial charge in [0.2, 0.25) is 0 Å². The summed E-state index contributed by atoms with van der Waals surface area (Å²) in [6.45, 7) is 9.10. The van der Waals surface area contributed by atoms with E-state index < -0.39 is 0 Å². The minimum absolute atomic E-state index is 0.0800. The summed E-state index contributed by atoms with van der Waals surface area (Å²) in [5.41, 5.74) is 1.45. The van der Waals surface area contributed by atoms with Gasteiger partial charge in [-0.15, -0.1) is 0 Å². The molecule has 27 heavy (non-hydrogen) atoms. The van der Waals surface area contributed by atoms with Gasteiger partial charge in [0.05, 0.1) is 20.8 Å². The zero-order chi connectivity index (χ0) is 19.5. The molecule has 1 aromatic carbocycles. The van der Waals surface area contributed by atoms with Crippen molar-refractivity contribution in [3.63, 3.8) is 0 Å². The van der Waals surface area contributed by atoms with E-state index in [-0.39, 0.29) is 5.41 Å². The number of aliphatic imine (C=N–C) groups is 1. The van der Waals surface area contributed by atoms with E-state index in [1.165, 1.54) is 12.0 Å². The molecule has 2 fully saturated rings. The van der Waals surface area contributed by atoms with Gasteiger partial charge in [0, 0.05) is 44.1 Å². The molecule has 3 rings (SSSR count). The number of benzene rings is 1. The first-order valence-corrected chi connectivity index (χ1v) is 9.69. The predicted octanol–water partition coefficient (Wildman–Crippen LogP) is 2.67. The Morgan fingerprint density at radius 2 is 2.04 bits per heavy atom. The van der Waals surface area contributed by atoms with Crippen LogP contribution in [0.15, 0.2) is 23.2 Å². The molecule has 6 heteroatoms. The smallest absolute Gasteiger partial charge is 0.193 e. The molecule has 0 saturated carbocycles. The number of methoxy groups -OCH3 is 2. The van der Waals surface area contributed by atoms with Crippen LogP contribution < -0.4 is 14.8 Å². The Morgan fingerprint density at radius 3 is 2.67 bits per heavy atom. The van der Waals surface area contributed by atoms with E-state index in [1.807, 2.05) is 13.1 Å². The first-order chi connectivity index (χ1) is 12.9. The van der Waals surface area contributed by atoms with Crippen LogP contribution >= 0.6 is 0 Å². The molecule has 150 valence electrons. The summed E-state index contributed by atoms with van der Waals surface area (Å²) in [5.74, 6) is 2.49. The van der Waals surface area contributed by atoms with E-state index in [9.17, 15) is 0 Å². The molecule has 1 atom stereocenters. The van der Waals surface area contributed by atoms with Crippen LogP contribution in [-0.4, -0.2) is 65.0 Å². The number of hydrogen-bond acceptors (Lipinski definition) is 4. The summed E-state index contributed by atoms with van der Waals surface area (Å²) in [4.78, 5) is 6.90. The van der Waals surface area contributed by atoms with Crippen LogP contribution in [0, 0.1) is 5.41 Å². The maximum Gasteiger partial charge on any atom is 0.193 e. The second kappa shape index (κ2) is 7.97. The van der Waals surface area contributed by atoms with Crippen molar-refractivity contribution in [3.8, 4) is 11.5 Å². The van der Waals surface area contributed by atoms with Crippen molar-refractivity contribution < 1.29 is 14.2 Å². The lowest BCUT2D eigenvalue weighted by Gasteiger charge is -2.30. The van der Waals surface area contributed by atoms with Gasteiger partial charge in [0.1, 0.15) is 0 Å². The first-order valence-electron chi connectivity index (χ1n) is 9.69. The minimum Gasteiger partial charge on any atom is -0.493 e. The highest BCUT2D eigenvalue weighted by Gasteiger charge is 2.42. The van der Waals surface area contributed by atoms with Crippen LogP contribution in [0.25, 0.3) is 0 Å². The van der Waals surface area contributed by atoms with Crippen molar-refractivity contribution in [1.29, 1.82) is 0 Å². The predicted molar refractivity (Wildman–Crippen MR) is 108 cm³/mol. The van der Waals surface area contributed by atoms with Gasteiger partial charge in [-0.25, -0.2) is 0 Å². The Morgan fingerprint density at radius 1 is 1.26 bits per heavy atom. The van der Waals surface area contributed by atoms with Gasteiger partial charge in [-0.05, 0) is 30.5 Å². The van der Waals surface area contributed by atoms with Crippen LogP contribution in [0.1, 0.15) is 32.3 Å². The van der Waals surface area contributed by atoms with Crippen molar-refractivity contribution in [2.75, 3.05) is 54.1 Å². The van der Waals surface area contributed by atoms with Crippen molar-refractivity contribution in [1.82, 2.24) is 10.2 Å². The monoisotopic (exact) mass is 375 g/mol. The van der Waals surface area contributed by atoms with Gasteiger partial charge in [-0.1, -0.05) is 19.9 Å². The maximum absolute atomic E-state index is 5.65. The van der Waals surface area contributed by atoms with Gasteiger partial charge >= 0.3 is 0 Å². The fourth-order valence-corrected chi connectivity index (χ4v) is 4.08. The van der Waals surface area contributed by atoms with E-state index in [0.717, 1.165) is 56.7 Å². The molecule has 1 spiro atoms. The Hall–Kier alpha value is -1.95. The van der Waals surface area contributed by atoms with Crippen LogP contribution in [0.4, 0.5) is 0 Å². The zero-order valence-electron chi connectivity index (χ0n) is 17.3. The Bertz CT molecular complexity index is 681. The summed E-state index contributed by atoms with van der Waals surface area (Å²) in [7, 11) is 5.19. The van der Waals surface area contributed by atoms with Crippen LogP contribution in [0.5, 0.6) is 11.5 Å². The molecule has 0 radical (unpaired) electrons. The van der Waals surface area contributed by atoms with Gasteiger partial charge in [-0.3, -0.25) is 4.99 Å². The largest absolute Gasteiger partial charge is 0.493 e. The summed E-state index contributed by atoms with van der Waals surface area (Å²) in [6, 6.07) is 6.13. The number of guanidine groups is 1. The number of ether oxygens (including phenoxy) is 3. The maximum atomic E-state index is 5.65. The van der Waals surface area contributed by atoms with Crippen molar-refractivity contribution in [3.05, 3.63) is 23.8 Å². The number of likely N-dealkylation sites (tertiary alicyclic amines) is 1. The van der Waals surface area contributed by atoms with E-state index in [1.54, 1.807) is 14.2 Å². The Kier molecular flexibility index (Phi) is 5.84. The highest BCUT2D eigenvalue weighted by atomic mass is 16.5. The van der Waals surface area contributed by atoms with Gasteiger partial charge < -0.3 is 24.4 Å². The summed E-state index contributed by atoms with van der Waals surface area (Å²) >= 11 is 0. The molecule has 1 unspecified atom stereocenters. The minimum atomic E-state index is -0.0800. The third-order valence-corrected chi connectivity index (χ3v) is 5.99. The summed E-state index contributed by atoms with van der Waals surface area (Å²) in [6.07, 6.45) is 2.35. The van der Waals surface area contributed by atoms with Crippen LogP contribution in [-0.2, 0) is 10.2 Å². The third kappa shape index (κ3) is 4.15.